The largest absolute Gasteiger partial charge is 0.378 e. The average molecular weight is 670 g/mol. The first kappa shape index (κ1) is 42.8. The van der Waals surface area contributed by atoms with E-state index in [1.54, 1.807) is 6.08 Å². The van der Waals surface area contributed by atoms with Gasteiger partial charge in [-0.3, -0.25) is 11.7 Å². The number of nitrogens with two attached hydrogens (primary N) is 3. The highest BCUT2D eigenvalue weighted by Crippen LogP contribution is 2.39. The topological polar surface area (TPSA) is 93.3 Å². The number of hydrogen-bond acceptors (Lipinski definition) is 5. The van der Waals surface area contributed by atoms with Crippen LogP contribution in [0.1, 0.15) is 48.6 Å². The number of para-hydroxylation sites is 1. The zero-order valence-corrected chi connectivity index (χ0v) is 30.0. The predicted octanol–water partition coefficient (Wildman–Crippen LogP) is 10.2. The first-order chi connectivity index (χ1) is 23.6. The van der Waals surface area contributed by atoms with Crippen LogP contribution in [0, 0.1) is 20.8 Å². The lowest BCUT2D eigenvalue weighted by Gasteiger charge is -2.31. The number of nitrogens with one attached hydrogen (secondary N) is 1. The summed E-state index contributed by atoms with van der Waals surface area (Å²) in [5.74, 6) is 8.00. The number of hydrazine groups is 1. The van der Waals surface area contributed by atoms with Gasteiger partial charge < -0.3 is 16.0 Å². The molecule has 5 heteroatoms. The van der Waals surface area contributed by atoms with Crippen molar-refractivity contribution in [2.75, 3.05) is 12.4 Å². The highest BCUT2D eigenvalue weighted by Gasteiger charge is 2.24. The van der Waals surface area contributed by atoms with Crippen molar-refractivity contribution in [2.45, 2.75) is 54.1 Å². The normalized spacial score (nSPS) is 18.2. The van der Waals surface area contributed by atoms with Gasteiger partial charge >= 0.3 is 0 Å². The highest BCUT2D eigenvalue weighted by molar-refractivity contribution is 5.84. The van der Waals surface area contributed by atoms with Gasteiger partial charge in [-0.1, -0.05) is 147 Å². The van der Waals surface area contributed by atoms with Crippen LogP contribution in [0.2, 0.25) is 0 Å². The molecule has 1 unspecified atom stereocenters. The summed E-state index contributed by atoms with van der Waals surface area (Å²) in [6, 6.07) is 25.6. The van der Waals surface area contributed by atoms with Gasteiger partial charge in [-0.25, -0.2) is 0 Å². The summed E-state index contributed by atoms with van der Waals surface area (Å²) in [7, 11) is 2.05. The molecule has 1 aliphatic carbocycles. The quantitative estimate of drug-likeness (QED) is 0.124. The van der Waals surface area contributed by atoms with Crippen LogP contribution in [0.25, 0.3) is 5.57 Å². The van der Waals surface area contributed by atoms with E-state index in [-0.39, 0.29) is 7.43 Å². The maximum atomic E-state index is 5.40. The lowest BCUT2D eigenvalue weighted by atomic mass is 9.84. The smallest absolute Gasteiger partial charge is 0.0494 e. The van der Waals surface area contributed by atoms with Crippen LogP contribution in [-0.2, 0) is 6.54 Å². The molecule has 1 atom stereocenters. The molecule has 5 nitrogen and oxygen atoms in total. The van der Waals surface area contributed by atoms with Gasteiger partial charge in [0.05, 0.1) is 0 Å². The number of allylic oxidation sites excluding steroid dienone is 11. The van der Waals surface area contributed by atoms with Gasteiger partial charge in [0.2, 0.25) is 0 Å². The molecule has 2 heterocycles. The molecule has 0 saturated carbocycles. The fraction of sp³-hybridized carbons (Fsp3) is 0.200. The van der Waals surface area contributed by atoms with E-state index in [0.29, 0.717) is 12.6 Å². The number of aryl methyl sites for hydroxylation is 3. The Morgan fingerprint density at radius 2 is 1.34 bits per heavy atom. The molecule has 50 heavy (non-hydrogen) atoms. The van der Waals surface area contributed by atoms with Gasteiger partial charge in [-0.05, 0) is 79.7 Å². The predicted molar refractivity (Wildman–Crippen MR) is 222 cm³/mol. The fourth-order valence-electron chi connectivity index (χ4n) is 4.95. The molecule has 3 aromatic rings. The molecule has 3 aromatic carbocycles. The first-order valence-electron chi connectivity index (χ1n) is 16.5. The number of anilines is 1. The molecule has 0 spiro atoms. The Bertz CT molecular complexity index is 1680. The van der Waals surface area contributed by atoms with Gasteiger partial charge in [0.1, 0.15) is 0 Å². The molecule has 0 radical (unpaired) electrons. The van der Waals surface area contributed by atoms with Crippen molar-refractivity contribution in [1.82, 2.24) is 4.90 Å². The minimum Gasteiger partial charge on any atom is -0.378 e. The molecule has 0 saturated heterocycles. The second kappa shape index (κ2) is 23.2. The van der Waals surface area contributed by atoms with Crippen LogP contribution in [0.15, 0.2) is 176 Å². The maximum Gasteiger partial charge on any atom is 0.0494 e. The molecule has 264 valence electrons. The van der Waals surface area contributed by atoms with Gasteiger partial charge in [-0.15, -0.1) is 6.58 Å². The third-order valence-electron chi connectivity index (χ3n) is 7.62. The van der Waals surface area contributed by atoms with Crippen LogP contribution >= 0.6 is 0 Å². The average Bonchev–Trinajstić information content (AvgIpc) is 3.14. The minimum absolute atomic E-state index is 0. The Morgan fingerprint density at radius 3 is 1.92 bits per heavy atom. The van der Waals surface area contributed by atoms with Crippen LogP contribution in [-0.4, -0.2) is 18.0 Å². The summed E-state index contributed by atoms with van der Waals surface area (Å²) in [5, 5.41) is 3.65. The Hall–Kier alpha value is -5.20. The SMILES string of the molecule is C.C=C1/C=C\C=C/N(C)/C=C(C2=CC3CC(=C2)c2ccccc2N3)\C=C/C1=C.C=CC.Cc1ccc(C)cc1.Cc1ccc(CN)cc1.NN. The zero-order chi connectivity index (χ0) is 36.2. The van der Waals surface area contributed by atoms with Gasteiger partial charge in [0, 0.05) is 43.3 Å². The van der Waals surface area contributed by atoms with Crippen LogP contribution in [0.4, 0.5) is 5.69 Å². The van der Waals surface area contributed by atoms with E-state index in [1.807, 2.05) is 44.5 Å². The first-order valence-corrected chi connectivity index (χ1v) is 16.5. The van der Waals surface area contributed by atoms with Crippen LogP contribution in [0.3, 0.4) is 0 Å². The number of nitrogens with zero attached hydrogens (tertiary/aromatic N) is 1. The number of rotatable bonds is 2. The van der Waals surface area contributed by atoms with Crippen LogP contribution < -0.4 is 22.7 Å². The number of hydrogen-bond donors (Lipinski definition) is 4. The Morgan fingerprint density at radius 1 is 0.800 bits per heavy atom. The highest BCUT2D eigenvalue weighted by atomic mass is 15.0. The second-order valence-corrected chi connectivity index (χ2v) is 11.9. The lowest BCUT2D eigenvalue weighted by Crippen LogP contribution is -2.25. The molecule has 3 aliphatic rings. The number of benzene rings is 3. The van der Waals surface area contributed by atoms with Crippen molar-refractivity contribution >= 4 is 11.3 Å². The van der Waals surface area contributed by atoms with E-state index in [0.717, 1.165) is 23.1 Å². The monoisotopic (exact) mass is 669 g/mol. The van der Waals surface area contributed by atoms with E-state index in [2.05, 4.69) is 160 Å². The summed E-state index contributed by atoms with van der Waals surface area (Å²) in [5.41, 5.74) is 18.7. The number of fused-ring (bicyclic) bond motifs is 4. The molecule has 6 rings (SSSR count). The maximum absolute atomic E-state index is 5.40. The third-order valence-corrected chi connectivity index (χ3v) is 7.62. The molecular formula is C45H59N5. The van der Waals surface area contributed by atoms with E-state index < -0.39 is 0 Å². The molecule has 2 aliphatic heterocycles. The minimum atomic E-state index is 0. The van der Waals surface area contributed by atoms with E-state index in [1.165, 1.54) is 44.7 Å². The molecule has 0 amide bonds. The molecule has 2 bridgehead atoms. The standard InChI is InChI=1S/C25H24N2.C8H11N.C8H10.C3H6.CH4.H4N2/c1-18-8-6-7-13-27(3)17-20(12-11-19(18)2)21-14-22-16-23(15-21)26-25-10-5-4-9-24(22)25;1-7-2-4-8(6-9)5-3-7;1-7-3-5-8(2)6-4-7;1-3-2;;1-2/h4-15,17,23,26H,1-2,16H2,3H3;2-5H,6,9H2,1H3;3-6H,1-2H3;3H,1H2,2H3;1H4;1-2H2/b8-6-,12-11-,13-7-,20-17+;;;;;. The Balaban J connectivity index is 0.000000444. The Labute approximate surface area is 303 Å². The zero-order valence-electron chi connectivity index (χ0n) is 30.0. The van der Waals surface area contributed by atoms with Crippen molar-refractivity contribution in [3.63, 3.8) is 0 Å². The van der Waals surface area contributed by atoms with Gasteiger partial charge in [0.25, 0.3) is 0 Å². The van der Waals surface area contributed by atoms with Crippen molar-refractivity contribution in [3.05, 3.63) is 204 Å². The van der Waals surface area contributed by atoms with E-state index in [4.69, 9.17) is 5.73 Å². The van der Waals surface area contributed by atoms with Crippen LogP contribution in [0.5, 0.6) is 0 Å². The molecular weight excluding hydrogens is 611 g/mol. The van der Waals surface area contributed by atoms with Gasteiger partial charge in [-0.2, -0.15) is 0 Å². The van der Waals surface area contributed by atoms with Crippen molar-refractivity contribution < 1.29 is 0 Å². The fourth-order valence-corrected chi connectivity index (χ4v) is 4.95. The summed E-state index contributed by atoms with van der Waals surface area (Å²) < 4.78 is 0. The van der Waals surface area contributed by atoms with Crippen molar-refractivity contribution in [2.24, 2.45) is 17.4 Å². The lowest BCUT2D eigenvalue weighted by molar-refractivity contribution is 0.622. The summed E-state index contributed by atoms with van der Waals surface area (Å²) >= 11 is 0. The van der Waals surface area contributed by atoms with Crippen molar-refractivity contribution in [1.29, 1.82) is 0 Å². The molecule has 0 fully saturated rings. The molecule has 0 aromatic heterocycles. The van der Waals surface area contributed by atoms with Gasteiger partial charge in [0.15, 0.2) is 0 Å². The van der Waals surface area contributed by atoms with E-state index >= 15 is 0 Å². The van der Waals surface area contributed by atoms with Crippen molar-refractivity contribution in [3.8, 4) is 0 Å². The summed E-state index contributed by atoms with van der Waals surface area (Å²) in [6.07, 6.45) is 21.8. The Kier molecular flexibility index (Phi) is 19.9. The summed E-state index contributed by atoms with van der Waals surface area (Å²) in [6.45, 7) is 20.4. The van der Waals surface area contributed by atoms with E-state index in [9.17, 15) is 0 Å². The summed E-state index contributed by atoms with van der Waals surface area (Å²) in [4.78, 5) is 2.08. The molecule has 7 N–H and O–H groups in total. The second-order valence-electron chi connectivity index (χ2n) is 11.9. The third kappa shape index (κ3) is 14.5.